The monoisotopic (exact) mass is 387 g/mol. The number of aryl methyl sites for hydroxylation is 1. The molecule has 10 heteroatoms. The molecule has 0 aliphatic carbocycles. The number of ether oxygens (including phenoxy) is 3. The number of rotatable bonds is 6. The Balaban J connectivity index is 2.01. The molecule has 0 aliphatic heterocycles. The molecule has 3 aromatic heterocycles. The Bertz CT molecular complexity index is 976. The van der Waals surface area contributed by atoms with Gasteiger partial charge in [-0.15, -0.1) is 5.10 Å². The fraction of sp³-hybridized carbons (Fsp3) is 0.235. The van der Waals surface area contributed by atoms with Crippen LogP contribution in [0.1, 0.15) is 16.1 Å². The SMILES string of the molecule is COc1ccc(-c2cc(C)ncc2C(=O)Nc2nnc(OC)s2)c(OC)n1. The Labute approximate surface area is 159 Å². The summed E-state index contributed by atoms with van der Waals surface area (Å²) in [6, 6.07) is 5.27. The average Bonchev–Trinajstić information content (AvgIpc) is 3.14. The van der Waals surface area contributed by atoms with E-state index < -0.39 is 0 Å². The highest BCUT2D eigenvalue weighted by atomic mass is 32.1. The topological polar surface area (TPSA) is 108 Å². The van der Waals surface area contributed by atoms with E-state index in [4.69, 9.17) is 14.2 Å². The van der Waals surface area contributed by atoms with Gasteiger partial charge in [-0.3, -0.25) is 15.1 Å². The van der Waals surface area contributed by atoms with E-state index >= 15 is 0 Å². The second-order valence-electron chi connectivity index (χ2n) is 5.31. The van der Waals surface area contributed by atoms with Gasteiger partial charge in [0.2, 0.25) is 16.9 Å². The molecule has 0 saturated heterocycles. The Morgan fingerprint density at radius 3 is 2.56 bits per heavy atom. The van der Waals surface area contributed by atoms with Gasteiger partial charge in [-0.25, -0.2) is 0 Å². The maximum absolute atomic E-state index is 12.8. The van der Waals surface area contributed by atoms with E-state index in [1.807, 2.05) is 6.92 Å². The summed E-state index contributed by atoms with van der Waals surface area (Å²) in [5, 5.41) is 11.0. The molecular formula is C17H17N5O4S. The molecule has 0 unspecified atom stereocenters. The number of methoxy groups -OCH3 is 3. The fourth-order valence-electron chi connectivity index (χ4n) is 2.37. The van der Waals surface area contributed by atoms with Crippen molar-refractivity contribution in [3.8, 4) is 28.1 Å². The van der Waals surface area contributed by atoms with Gasteiger partial charge in [0.15, 0.2) is 0 Å². The van der Waals surface area contributed by atoms with Gasteiger partial charge >= 0.3 is 0 Å². The second-order valence-corrected chi connectivity index (χ2v) is 6.25. The second kappa shape index (κ2) is 7.96. The summed E-state index contributed by atoms with van der Waals surface area (Å²) >= 11 is 1.12. The minimum Gasteiger partial charge on any atom is -0.481 e. The zero-order valence-electron chi connectivity index (χ0n) is 15.1. The molecule has 27 heavy (non-hydrogen) atoms. The number of hydrogen-bond donors (Lipinski definition) is 1. The van der Waals surface area contributed by atoms with Crippen LogP contribution < -0.4 is 19.5 Å². The molecule has 3 rings (SSSR count). The van der Waals surface area contributed by atoms with Crippen LogP contribution in [0, 0.1) is 6.92 Å². The number of anilines is 1. The number of nitrogens with zero attached hydrogens (tertiary/aromatic N) is 4. The number of pyridine rings is 2. The van der Waals surface area contributed by atoms with Crippen LogP contribution in [0.4, 0.5) is 5.13 Å². The molecule has 1 N–H and O–H groups in total. The van der Waals surface area contributed by atoms with Crippen LogP contribution in [0.5, 0.6) is 17.0 Å². The van der Waals surface area contributed by atoms with Gasteiger partial charge in [-0.1, -0.05) is 5.10 Å². The lowest BCUT2D eigenvalue weighted by molar-refractivity contribution is 0.102. The molecule has 9 nitrogen and oxygen atoms in total. The summed E-state index contributed by atoms with van der Waals surface area (Å²) in [6.45, 7) is 1.84. The van der Waals surface area contributed by atoms with E-state index in [2.05, 4.69) is 25.5 Å². The zero-order valence-corrected chi connectivity index (χ0v) is 16.0. The number of carbonyl (C=O) groups excluding carboxylic acids is 1. The van der Waals surface area contributed by atoms with Crippen molar-refractivity contribution in [3.05, 3.63) is 35.7 Å². The third kappa shape index (κ3) is 3.95. The third-order valence-electron chi connectivity index (χ3n) is 3.61. The molecule has 0 atom stereocenters. The highest BCUT2D eigenvalue weighted by Crippen LogP contribution is 2.33. The van der Waals surface area contributed by atoms with Gasteiger partial charge in [-0.2, -0.15) is 4.98 Å². The summed E-state index contributed by atoms with van der Waals surface area (Å²) < 4.78 is 15.5. The summed E-state index contributed by atoms with van der Waals surface area (Å²) in [5.41, 5.74) is 2.37. The molecule has 0 saturated carbocycles. The molecule has 1 amide bonds. The van der Waals surface area contributed by atoms with Gasteiger partial charge < -0.3 is 14.2 Å². The number of amides is 1. The first-order valence-electron chi connectivity index (χ1n) is 7.80. The minimum atomic E-state index is -0.380. The summed E-state index contributed by atoms with van der Waals surface area (Å²) in [4.78, 5) is 21.3. The van der Waals surface area contributed by atoms with E-state index in [9.17, 15) is 4.79 Å². The standard InChI is InChI=1S/C17H17N5O4S/c1-9-7-11(10-5-6-13(24-2)19-15(10)25-3)12(8-18-9)14(23)20-16-21-22-17(26-4)27-16/h5-8H,1-4H3,(H,20,21,23). The number of carbonyl (C=O) groups is 1. The minimum absolute atomic E-state index is 0.322. The first-order chi connectivity index (χ1) is 13.0. The molecule has 0 bridgehead atoms. The maximum Gasteiger partial charge on any atom is 0.295 e. The van der Waals surface area contributed by atoms with Gasteiger partial charge in [0.05, 0.1) is 26.9 Å². The van der Waals surface area contributed by atoms with E-state index in [0.29, 0.717) is 38.8 Å². The van der Waals surface area contributed by atoms with Crippen LogP contribution in [0.2, 0.25) is 0 Å². The molecule has 0 aliphatic rings. The van der Waals surface area contributed by atoms with Crippen molar-refractivity contribution >= 4 is 22.4 Å². The van der Waals surface area contributed by atoms with Crippen LogP contribution in [0.3, 0.4) is 0 Å². The van der Waals surface area contributed by atoms with Crippen LogP contribution in [0.25, 0.3) is 11.1 Å². The summed E-state index contributed by atoms with van der Waals surface area (Å²) in [7, 11) is 4.51. The van der Waals surface area contributed by atoms with Gasteiger partial charge in [0.25, 0.3) is 11.1 Å². The van der Waals surface area contributed by atoms with Gasteiger partial charge in [-0.05, 0) is 30.4 Å². The Kier molecular flexibility index (Phi) is 5.46. The van der Waals surface area contributed by atoms with Crippen molar-refractivity contribution in [1.29, 1.82) is 0 Å². The van der Waals surface area contributed by atoms with Crippen molar-refractivity contribution in [2.45, 2.75) is 6.92 Å². The molecule has 3 heterocycles. The van der Waals surface area contributed by atoms with Crippen molar-refractivity contribution in [1.82, 2.24) is 20.2 Å². The summed E-state index contributed by atoms with van der Waals surface area (Å²) in [5.74, 6) is 0.370. The smallest absolute Gasteiger partial charge is 0.295 e. The third-order valence-corrected chi connectivity index (χ3v) is 4.41. The van der Waals surface area contributed by atoms with Crippen molar-refractivity contribution in [2.24, 2.45) is 0 Å². The van der Waals surface area contributed by atoms with Crippen LogP contribution in [-0.4, -0.2) is 47.4 Å². The van der Waals surface area contributed by atoms with Crippen LogP contribution >= 0.6 is 11.3 Å². The quantitative estimate of drug-likeness (QED) is 0.687. The van der Waals surface area contributed by atoms with Crippen LogP contribution in [-0.2, 0) is 0 Å². The predicted molar refractivity (Wildman–Crippen MR) is 99.7 cm³/mol. The van der Waals surface area contributed by atoms with E-state index in [0.717, 1.165) is 17.0 Å². The van der Waals surface area contributed by atoms with E-state index in [1.54, 1.807) is 18.2 Å². The molecule has 0 radical (unpaired) electrons. The lowest BCUT2D eigenvalue weighted by Gasteiger charge is -2.13. The molecular weight excluding hydrogens is 370 g/mol. The molecule has 0 aromatic carbocycles. The highest BCUT2D eigenvalue weighted by Gasteiger charge is 2.19. The Morgan fingerprint density at radius 2 is 1.89 bits per heavy atom. The number of nitrogens with one attached hydrogen (secondary N) is 1. The van der Waals surface area contributed by atoms with Gasteiger partial charge in [0, 0.05) is 29.1 Å². The van der Waals surface area contributed by atoms with E-state index in [-0.39, 0.29) is 5.91 Å². The Hall–Kier alpha value is -3.27. The predicted octanol–water partition coefficient (Wildman–Crippen LogP) is 2.58. The first-order valence-corrected chi connectivity index (χ1v) is 8.62. The zero-order chi connectivity index (χ0) is 19.4. The van der Waals surface area contributed by atoms with Crippen molar-refractivity contribution in [3.63, 3.8) is 0 Å². The number of aromatic nitrogens is 4. The molecule has 0 spiro atoms. The van der Waals surface area contributed by atoms with Crippen molar-refractivity contribution in [2.75, 3.05) is 26.6 Å². The van der Waals surface area contributed by atoms with Gasteiger partial charge in [0.1, 0.15) is 0 Å². The summed E-state index contributed by atoms with van der Waals surface area (Å²) in [6.07, 6.45) is 1.50. The largest absolute Gasteiger partial charge is 0.481 e. The number of hydrogen-bond acceptors (Lipinski definition) is 9. The van der Waals surface area contributed by atoms with E-state index in [1.165, 1.54) is 27.5 Å². The molecule has 140 valence electrons. The Morgan fingerprint density at radius 1 is 1.07 bits per heavy atom. The lowest BCUT2D eigenvalue weighted by Crippen LogP contribution is -2.14. The molecule has 0 fully saturated rings. The maximum atomic E-state index is 12.8. The highest BCUT2D eigenvalue weighted by molar-refractivity contribution is 7.17. The van der Waals surface area contributed by atoms with Crippen LogP contribution in [0.15, 0.2) is 24.4 Å². The first kappa shape index (κ1) is 18.5. The fourth-order valence-corrected chi connectivity index (χ4v) is 2.92. The normalized spacial score (nSPS) is 10.4. The average molecular weight is 387 g/mol. The molecule has 3 aromatic rings. The van der Waals surface area contributed by atoms with Crippen molar-refractivity contribution < 1.29 is 19.0 Å². The lowest BCUT2D eigenvalue weighted by atomic mass is 10.0.